The Hall–Kier alpha value is -3.38. The molecule has 1 aromatic heterocycles. The topological polar surface area (TPSA) is 67.2 Å². The van der Waals surface area contributed by atoms with Gasteiger partial charge in [-0.3, -0.25) is 9.59 Å². The van der Waals surface area contributed by atoms with Crippen LogP contribution in [0.1, 0.15) is 23.1 Å². The number of benzene rings is 2. The average Bonchev–Trinajstić information content (AvgIpc) is 3.23. The molecular formula is C23H19ClN4O2. The summed E-state index contributed by atoms with van der Waals surface area (Å²) in [4.78, 5) is 28.3. The fourth-order valence-corrected chi connectivity index (χ4v) is 4.73. The van der Waals surface area contributed by atoms with Gasteiger partial charge in [-0.2, -0.15) is 5.10 Å². The number of fused-ring (bicyclic) bond motifs is 4. The normalized spacial score (nSPS) is 19.6. The van der Waals surface area contributed by atoms with Gasteiger partial charge in [0, 0.05) is 29.2 Å². The number of hydrogen-bond donors (Lipinski definition) is 1. The van der Waals surface area contributed by atoms with Crippen molar-refractivity contribution in [3.05, 3.63) is 83.0 Å². The molecule has 150 valence electrons. The third-order valence-electron chi connectivity index (χ3n) is 5.89. The lowest BCUT2D eigenvalue weighted by molar-refractivity contribution is -0.126. The van der Waals surface area contributed by atoms with Crippen molar-refractivity contribution in [2.75, 3.05) is 16.8 Å². The highest BCUT2D eigenvalue weighted by atomic mass is 35.5. The second-order valence-corrected chi connectivity index (χ2v) is 8.04. The molecule has 2 amide bonds. The van der Waals surface area contributed by atoms with Gasteiger partial charge in [0.2, 0.25) is 11.8 Å². The average molecular weight is 419 g/mol. The summed E-state index contributed by atoms with van der Waals surface area (Å²) in [6.45, 7) is 6.10. The molecule has 0 unspecified atom stereocenters. The maximum absolute atomic E-state index is 13.8. The quantitative estimate of drug-likeness (QED) is 0.654. The number of anilines is 2. The maximum Gasteiger partial charge on any atom is 0.243 e. The summed E-state index contributed by atoms with van der Waals surface area (Å²) in [6, 6.07) is 13.1. The van der Waals surface area contributed by atoms with Crippen LogP contribution in [0.2, 0.25) is 5.02 Å². The molecule has 3 aromatic rings. The molecular weight excluding hydrogens is 400 g/mol. The first-order chi connectivity index (χ1) is 14.5. The lowest BCUT2D eigenvalue weighted by Gasteiger charge is -2.32. The molecule has 0 fully saturated rings. The Morgan fingerprint density at radius 1 is 1.20 bits per heavy atom. The van der Waals surface area contributed by atoms with Crippen LogP contribution in [0, 0.1) is 6.92 Å². The Balaban J connectivity index is 1.79. The number of amides is 2. The lowest BCUT2D eigenvalue weighted by atomic mass is 9.72. The number of carbonyl (C=O) groups excluding carboxylic acids is 2. The van der Waals surface area contributed by atoms with Crippen molar-refractivity contribution < 1.29 is 9.59 Å². The molecule has 0 radical (unpaired) electrons. The van der Waals surface area contributed by atoms with Gasteiger partial charge in [0.25, 0.3) is 0 Å². The molecule has 30 heavy (non-hydrogen) atoms. The van der Waals surface area contributed by atoms with E-state index in [1.54, 1.807) is 34.0 Å². The number of nitrogens with zero attached hydrogens (tertiary/aromatic N) is 3. The van der Waals surface area contributed by atoms with Crippen molar-refractivity contribution in [2.24, 2.45) is 0 Å². The molecule has 5 rings (SSSR count). The van der Waals surface area contributed by atoms with Crippen LogP contribution < -0.4 is 10.2 Å². The molecule has 3 heterocycles. The first-order valence-electron chi connectivity index (χ1n) is 9.64. The van der Waals surface area contributed by atoms with E-state index in [4.69, 9.17) is 11.6 Å². The molecule has 2 aromatic carbocycles. The number of aromatic nitrogens is 2. The minimum absolute atomic E-state index is 0.000711. The standard InChI is InChI=1S/C23H19ClN4O2/c1-3-10-27-19-9-8-15(24)11-16(19)23(22(27)30)12-20(29)26-21-17(23)13-25-28(21)18-7-5-4-6-14(18)2/h3-9,11,13H,1,10,12H2,2H3,(H,26,29)/t23-/m0/s1. The van der Waals surface area contributed by atoms with Crippen molar-refractivity contribution in [3.8, 4) is 5.69 Å². The Morgan fingerprint density at radius 2 is 2.00 bits per heavy atom. The summed E-state index contributed by atoms with van der Waals surface area (Å²) in [7, 11) is 0. The molecule has 1 spiro atoms. The van der Waals surface area contributed by atoms with Crippen molar-refractivity contribution in [3.63, 3.8) is 0 Å². The molecule has 0 saturated heterocycles. The highest BCUT2D eigenvalue weighted by molar-refractivity contribution is 6.31. The van der Waals surface area contributed by atoms with Gasteiger partial charge in [-0.1, -0.05) is 35.9 Å². The summed E-state index contributed by atoms with van der Waals surface area (Å²) in [5, 5.41) is 8.01. The molecule has 1 N–H and O–H groups in total. The van der Waals surface area contributed by atoms with Gasteiger partial charge in [-0.25, -0.2) is 4.68 Å². The van der Waals surface area contributed by atoms with Gasteiger partial charge in [0.15, 0.2) is 0 Å². The van der Waals surface area contributed by atoms with Crippen LogP contribution in [0.5, 0.6) is 0 Å². The van der Waals surface area contributed by atoms with Crippen LogP contribution in [-0.2, 0) is 15.0 Å². The highest BCUT2D eigenvalue weighted by Gasteiger charge is 2.57. The smallest absolute Gasteiger partial charge is 0.243 e. The van der Waals surface area contributed by atoms with Crippen LogP contribution in [0.4, 0.5) is 11.5 Å². The highest BCUT2D eigenvalue weighted by Crippen LogP contribution is 2.53. The van der Waals surface area contributed by atoms with Gasteiger partial charge in [0.1, 0.15) is 11.2 Å². The van der Waals surface area contributed by atoms with Crippen molar-refractivity contribution in [2.45, 2.75) is 18.8 Å². The number of para-hydroxylation sites is 1. The van der Waals surface area contributed by atoms with E-state index in [-0.39, 0.29) is 18.2 Å². The van der Waals surface area contributed by atoms with E-state index in [2.05, 4.69) is 17.0 Å². The first kappa shape index (κ1) is 18.6. The second-order valence-electron chi connectivity index (χ2n) is 7.60. The molecule has 2 aliphatic rings. The minimum atomic E-state index is -1.16. The van der Waals surface area contributed by atoms with Crippen molar-refractivity contribution in [1.29, 1.82) is 0 Å². The SMILES string of the molecule is C=CCN1C(=O)[C@@]2(CC(=O)Nc3c2cnn3-c2ccccc2C)c2cc(Cl)ccc21. The van der Waals surface area contributed by atoms with E-state index in [9.17, 15) is 9.59 Å². The van der Waals surface area contributed by atoms with Crippen LogP contribution in [0.15, 0.2) is 61.3 Å². The molecule has 1 atom stereocenters. The van der Waals surface area contributed by atoms with Gasteiger partial charge in [-0.05, 0) is 42.3 Å². The number of rotatable bonds is 3. The van der Waals surface area contributed by atoms with E-state index in [0.29, 0.717) is 22.9 Å². The Morgan fingerprint density at radius 3 is 2.77 bits per heavy atom. The van der Waals surface area contributed by atoms with Gasteiger partial charge >= 0.3 is 0 Å². The van der Waals surface area contributed by atoms with Crippen molar-refractivity contribution >= 4 is 34.9 Å². The number of aryl methyl sites for hydroxylation is 1. The number of halogens is 1. The van der Waals surface area contributed by atoms with E-state index in [1.165, 1.54) is 0 Å². The predicted molar refractivity (Wildman–Crippen MR) is 116 cm³/mol. The number of hydrogen-bond acceptors (Lipinski definition) is 3. The van der Waals surface area contributed by atoms with Gasteiger partial charge in [-0.15, -0.1) is 6.58 Å². The van der Waals surface area contributed by atoms with E-state index in [1.807, 2.05) is 37.3 Å². The summed E-state index contributed by atoms with van der Waals surface area (Å²) in [6.07, 6.45) is 3.36. The van der Waals surface area contributed by atoms with Gasteiger partial charge < -0.3 is 10.2 Å². The van der Waals surface area contributed by atoms with E-state index >= 15 is 0 Å². The summed E-state index contributed by atoms with van der Waals surface area (Å²) >= 11 is 6.31. The summed E-state index contributed by atoms with van der Waals surface area (Å²) in [5.74, 6) is 0.109. The minimum Gasteiger partial charge on any atom is -0.310 e. The van der Waals surface area contributed by atoms with Crippen LogP contribution in [-0.4, -0.2) is 28.1 Å². The predicted octanol–water partition coefficient (Wildman–Crippen LogP) is 4.00. The zero-order valence-electron chi connectivity index (χ0n) is 16.4. The Kier molecular flexibility index (Phi) is 4.08. The van der Waals surface area contributed by atoms with Crippen LogP contribution in [0.25, 0.3) is 5.69 Å². The third-order valence-corrected chi connectivity index (χ3v) is 6.12. The lowest BCUT2D eigenvalue weighted by Crippen LogP contribution is -2.46. The largest absolute Gasteiger partial charge is 0.310 e. The number of nitrogens with one attached hydrogen (secondary N) is 1. The molecule has 2 aliphatic heterocycles. The number of carbonyl (C=O) groups is 2. The zero-order valence-corrected chi connectivity index (χ0v) is 17.1. The maximum atomic E-state index is 13.8. The van der Waals surface area contributed by atoms with E-state index in [0.717, 1.165) is 22.5 Å². The monoisotopic (exact) mass is 418 g/mol. The fraction of sp³-hybridized carbons (Fsp3) is 0.174. The van der Waals surface area contributed by atoms with Crippen LogP contribution >= 0.6 is 11.6 Å². The Bertz CT molecular complexity index is 1230. The summed E-state index contributed by atoms with van der Waals surface area (Å²) < 4.78 is 1.69. The first-order valence-corrected chi connectivity index (χ1v) is 10.0. The van der Waals surface area contributed by atoms with Gasteiger partial charge in [0.05, 0.1) is 11.9 Å². The fourth-order valence-electron chi connectivity index (χ4n) is 4.56. The van der Waals surface area contributed by atoms with Crippen molar-refractivity contribution in [1.82, 2.24) is 9.78 Å². The summed E-state index contributed by atoms with van der Waals surface area (Å²) in [5.41, 5.74) is 2.82. The Labute approximate surface area is 178 Å². The molecule has 6 nitrogen and oxygen atoms in total. The second kappa shape index (κ2) is 6.57. The molecule has 7 heteroatoms. The van der Waals surface area contributed by atoms with Crippen LogP contribution in [0.3, 0.4) is 0 Å². The molecule has 0 bridgehead atoms. The molecule has 0 aliphatic carbocycles. The van der Waals surface area contributed by atoms with E-state index < -0.39 is 5.41 Å². The zero-order chi connectivity index (χ0) is 21.0. The molecule has 0 saturated carbocycles. The third kappa shape index (κ3) is 2.40.